The van der Waals surface area contributed by atoms with E-state index in [-0.39, 0.29) is 11.1 Å². The molecule has 9 heteroatoms. The van der Waals surface area contributed by atoms with E-state index < -0.39 is 11.4 Å². The molecule has 130 valence electrons. The zero-order valence-corrected chi connectivity index (χ0v) is 14.0. The summed E-state index contributed by atoms with van der Waals surface area (Å²) in [5, 5.41) is 0. The molecule has 0 radical (unpaired) electrons. The normalized spacial score (nSPS) is 11.2. The molecule has 0 unspecified atom stereocenters. The Hall–Kier alpha value is -2.68. The van der Waals surface area contributed by atoms with Gasteiger partial charge in [-0.1, -0.05) is 0 Å². The number of hydrogen-bond acceptors (Lipinski definition) is 5. The van der Waals surface area contributed by atoms with Crippen LogP contribution < -0.4 is 22.5 Å². The molecule has 2 N–H and O–H groups in total. The number of H-pyrrole nitrogens is 2. The number of aromatic nitrogens is 4. The molecule has 9 nitrogen and oxygen atoms in total. The molecule has 0 aliphatic heterocycles. The Bertz CT molecular complexity index is 872. The molecule has 0 fully saturated rings. The Kier molecular flexibility index (Phi) is 5.35. The van der Waals surface area contributed by atoms with E-state index in [1.54, 1.807) is 13.8 Å². The van der Waals surface area contributed by atoms with Crippen LogP contribution in [0.4, 0.5) is 0 Å². The summed E-state index contributed by atoms with van der Waals surface area (Å²) in [7, 11) is 1.87. The van der Waals surface area contributed by atoms with Crippen LogP contribution in [0.25, 0.3) is 0 Å². The van der Waals surface area contributed by atoms with Crippen LogP contribution in [0.1, 0.15) is 11.1 Å². The smallest absolute Gasteiger partial charge is 0.303 e. The standard InChI is InChI=1S/C15H21N5O4/c1-10-8-19(14(23)16-12(10)21)6-4-18(3)5-7-20-9-11(2)13(22)17-15(20)24/h8-9H,4-7H2,1-3H3,(H,16,21,23)(H,17,22,24). The maximum absolute atomic E-state index is 11.7. The molecule has 0 spiro atoms. The lowest BCUT2D eigenvalue weighted by Crippen LogP contribution is -2.36. The van der Waals surface area contributed by atoms with Gasteiger partial charge in [0, 0.05) is 49.7 Å². The van der Waals surface area contributed by atoms with Gasteiger partial charge < -0.3 is 4.90 Å². The van der Waals surface area contributed by atoms with Gasteiger partial charge in [0.25, 0.3) is 11.1 Å². The number of aromatic amines is 2. The fraction of sp³-hybridized carbons (Fsp3) is 0.467. The summed E-state index contributed by atoms with van der Waals surface area (Å²) in [6.45, 7) is 5.27. The van der Waals surface area contributed by atoms with Crippen LogP contribution in [-0.4, -0.2) is 44.1 Å². The second-order valence-corrected chi connectivity index (χ2v) is 5.83. The number of aryl methyl sites for hydroxylation is 2. The highest BCUT2D eigenvalue weighted by atomic mass is 16.2. The zero-order chi connectivity index (χ0) is 17.9. The highest BCUT2D eigenvalue weighted by Crippen LogP contribution is 1.91. The minimum Gasteiger partial charge on any atom is -0.303 e. The van der Waals surface area contributed by atoms with Gasteiger partial charge in [0.2, 0.25) is 0 Å². The van der Waals surface area contributed by atoms with Gasteiger partial charge in [-0.15, -0.1) is 0 Å². The van der Waals surface area contributed by atoms with Crippen molar-refractivity contribution in [1.82, 2.24) is 24.0 Å². The zero-order valence-electron chi connectivity index (χ0n) is 14.0. The third-order valence-electron chi connectivity index (χ3n) is 3.82. The minimum atomic E-state index is -0.438. The molecule has 2 rings (SSSR count). The van der Waals surface area contributed by atoms with Crippen LogP contribution in [0.15, 0.2) is 31.6 Å². The second-order valence-electron chi connectivity index (χ2n) is 5.83. The van der Waals surface area contributed by atoms with Gasteiger partial charge in [-0.05, 0) is 20.9 Å². The molecule has 0 aliphatic carbocycles. The van der Waals surface area contributed by atoms with Crippen LogP contribution in [0.2, 0.25) is 0 Å². The van der Waals surface area contributed by atoms with E-state index in [9.17, 15) is 19.2 Å². The lowest BCUT2D eigenvalue weighted by atomic mass is 10.4. The second kappa shape index (κ2) is 7.26. The topological polar surface area (TPSA) is 113 Å². The summed E-state index contributed by atoms with van der Waals surface area (Å²) < 4.78 is 2.90. The van der Waals surface area contributed by atoms with Crippen LogP contribution >= 0.6 is 0 Å². The number of rotatable bonds is 6. The Morgan fingerprint density at radius 1 is 0.833 bits per heavy atom. The Labute approximate surface area is 137 Å². The lowest BCUT2D eigenvalue weighted by Gasteiger charge is -2.18. The molecule has 24 heavy (non-hydrogen) atoms. The van der Waals surface area contributed by atoms with Crippen molar-refractivity contribution in [2.75, 3.05) is 20.1 Å². The number of hydrogen-bond donors (Lipinski definition) is 2. The fourth-order valence-corrected chi connectivity index (χ4v) is 2.24. The van der Waals surface area contributed by atoms with Crippen LogP contribution in [0, 0.1) is 13.8 Å². The molecule has 0 aliphatic rings. The van der Waals surface area contributed by atoms with E-state index in [0.29, 0.717) is 37.3 Å². The maximum atomic E-state index is 11.7. The first-order chi connectivity index (χ1) is 11.3. The summed E-state index contributed by atoms with van der Waals surface area (Å²) in [6.07, 6.45) is 3.07. The van der Waals surface area contributed by atoms with Crippen LogP contribution in [0.3, 0.4) is 0 Å². The lowest BCUT2D eigenvalue weighted by molar-refractivity contribution is 0.300. The van der Waals surface area contributed by atoms with Gasteiger partial charge in [-0.2, -0.15) is 0 Å². The molecular formula is C15H21N5O4. The molecule has 0 saturated heterocycles. The van der Waals surface area contributed by atoms with Gasteiger partial charge >= 0.3 is 11.4 Å². The van der Waals surface area contributed by atoms with Crippen molar-refractivity contribution >= 4 is 0 Å². The van der Waals surface area contributed by atoms with Crippen molar-refractivity contribution < 1.29 is 0 Å². The first-order valence-corrected chi connectivity index (χ1v) is 7.57. The molecule has 0 aromatic carbocycles. The van der Waals surface area contributed by atoms with Gasteiger partial charge in [0.1, 0.15) is 0 Å². The van der Waals surface area contributed by atoms with Crippen molar-refractivity contribution in [3.63, 3.8) is 0 Å². The van der Waals surface area contributed by atoms with E-state index in [4.69, 9.17) is 0 Å². The highest BCUT2D eigenvalue weighted by molar-refractivity contribution is 5.01. The van der Waals surface area contributed by atoms with E-state index in [0.717, 1.165) is 0 Å². The summed E-state index contributed by atoms with van der Waals surface area (Å²) in [6, 6.07) is 0. The van der Waals surface area contributed by atoms with E-state index in [1.165, 1.54) is 21.5 Å². The predicted molar refractivity (Wildman–Crippen MR) is 89.6 cm³/mol. The largest absolute Gasteiger partial charge is 0.328 e. The third-order valence-corrected chi connectivity index (χ3v) is 3.82. The molecule has 2 aromatic heterocycles. The average molecular weight is 335 g/mol. The van der Waals surface area contributed by atoms with Crippen molar-refractivity contribution in [2.24, 2.45) is 0 Å². The van der Waals surface area contributed by atoms with Crippen molar-refractivity contribution in [3.05, 3.63) is 65.2 Å². The Morgan fingerprint density at radius 3 is 1.58 bits per heavy atom. The van der Waals surface area contributed by atoms with Gasteiger partial charge in [0.15, 0.2) is 0 Å². The quantitative estimate of drug-likeness (QED) is 0.677. The van der Waals surface area contributed by atoms with Crippen molar-refractivity contribution in [1.29, 1.82) is 0 Å². The average Bonchev–Trinajstić information content (AvgIpc) is 2.51. The first-order valence-electron chi connectivity index (χ1n) is 7.57. The highest BCUT2D eigenvalue weighted by Gasteiger charge is 2.05. The Balaban J connectivity index is 1.96. The SMILES string of the molecule is Cc1cn(CCN(C)CCn2cc(C)c(=O)[nH]c2=O)c(=O)[nH]c1=O. The summed E-state index contributed by atoms with van der Waals surface area (Å²) in [4.78, 5) is 52.6. The number of nitrogens with one attached hydrogen (secondary N) is 2. The monoisotopic (exact) mass is 335 g/mol. The van der Waals surface area contributed by atoms with Crippen molar-refractivity contribution in [2.45, 2.75) is 26.9 Å². The molecule has 0 saturated carbocycles. The predicted octanol–water partition coefficient (Wildman–Crippen LogP) is -1.36. The number of nitrogens with zero attached hydrogens (tertiary/aromatic N) is 3. The minimum absolute atomic E-state index is 0.377. The van der Waals surface area contributed by atoms with Gasteiger partial charge in [-0.3, -0.25) is 28.7 Å². The van der Waals surface area contributed by atoms with Gasteiger partial charge in [-0.25, -0.2) is 9.59 Å². The Morgan fingerprint density at radius 2 is 1.21 bits per heavy atom. The molecule has 0 atom stereocenters. The molecule has 2 heterocycles. The van der Waals surface area contributed by atoms with E-state index in [2.05, 4.69) is 9.97 Å². The fourth-order valence-electron chi connectivity index (χ4n) is 2.24. The number of likely N-dealkylation sites (N-methyl/N-ethyl adjacent to an activating group) is 1. The molecular weight excluding hydrogens is 314 g/mol. The molecule has 0 bridgehead atoms. The van der Waals surface area contributed by atoms with E-state index >= 15 is 0 Å². The maximum Gasteiger partial charge on any atom is 0.328 e. The van der Waals surface area contributed by atoms with Crippen LogP contribution in [0.5, 0.6) is 0 Å². The van der Waals surface area contributed by atoms with Gasteiger partial charge in [0.05, 0.1) is 0 Å². The summed E-state index contributed by atoms with van der Waals surface area (Å²) in [5.74, 6) is 0. The van der Waals surface area contributed by atoms with E-state index in [1.807, 2.05) is 11.9 Å². The molecule has 0 amide bonds. The first kappa shape index (κ1) is 17.7. The third kappa shape index (κ3) is 4.19. The summed E-state index contributed by atoms with van der Waals surface area (Å²) >= 11 is 0. The van der Waals surface area contributed by atoms with Crippen LogP contribution in [-0.2, 0) is 13.1 Å². The molecule has 2 aromatic rings. The van der Waals surface area contributed by atoms with Crippen molar-refractivity contribution in [3.8, 4) is 0 Å². The summed E-state index contributed by atoms with van der Waals surface area (Å²) in [5.41, 5.74) is -0.673.